The van der Waals surface area contributed by atoms with E-state index in [1.54, 1.807) is 0 Å². The van der Waals surface area contributed by atoms with E-state index in [1.807, 2.05) is 43.0 Å². The van der Waals surface area contributed by atoms with Crippen LogP contribution in [-0.2, 0) is 16.1 Å². The fraction of sp³-hybridized carbons (Fsp3) is 0.562. The Morgan fingerprint density at radius 2 is 2.18 bits per heavy atom. The van der Waals surface area contributed by atoms with Gasteiger partial charge in [0.05, 0.1) is 6.10 Å². The third-order valence-electron chi connectivity index (χ3n) is 3.79. The largest absolute Gasteiger partial charge is 0.364 e. The van der Waals surface area contributed by atoms with Gasteiger partial charge in [0.15, 0.2) is 0 Å². The van der Waals surface area contributed by atoms with Gasteiger partial charge < -0.3 is 15.4 Å². The molecule has 2 atom stereocenters. The molecular weight excluding hydrogens is 368 g/mol. The van der Waals surface area contributed by atoms with Gasteiger partial charge in [0.1, 0.15) is 6.10 Å². The van der Waals surface area contributed by atoms with E-state index in [4.69, 9.17) is 10.5 Å². The molecule has 1 saturated heterocycles. The summed E-state index contributed by atoms with van der Waals surface area (Å²) in [7, 11) is 0. The molecule has 1 aromatic rings. The molecule has 2 rings (SSSR count). The van der Waals surface area contributed by atoms with Gasteiger partial charge in [0, 0.05) is 23.6 Å². The van der Waals surface area contributed by atoms with Crippen LogP contribution in [0.4, 0.5) is 0 Å². The second-order valence-electron chi connectivity index (χ2n) is 5.75. The van der Waals surface area contributed by atoms with Gasteiger partial charge in [-0.1, -0.05) is 28.1 Å². The molecule has 2 N–H and O–H groups in total. The van der Waals surface area contributed by atoms with Crippen molar-refractivity contribution in [2.24, 2.45) is 5.73 Å². The van der Waals surface area contributed by atoms with E-state index in [2.05, 4.69) is 15.9 Å². The number of carbonyl (C=O) groups excluding carboxylic acids is 1. The summed E-state index contributed by atoms with van der Waals surface area (Å²) in [6, 6.07) is 8.18. The van der Waals surface area contributed by atoms with E-state index in [1.165, 1.54) is 0 Å². The second-order valence-corrected chi connectivity index (χ2v) is 6.67. The monoisotopic (exact) mass is 390 g/mol. The van der Waals surface area contributed by atoms with Crippen LogP contribution >= 0.6 is 28.3 Å². The molecule has 0 radical (unpaired) electrons. The highest BCUT2D eigenvalue weighted by molar-refractivity contribution is 9.10. The Morgan fingerprint density at radius 3 is 2.73 bits per heavy atom. The number of benzene rings is 1. The van der Waals surface area contributed by atoms with Crippen molar-refractivity contribution in [1.29, 1.82) is 0 Å². The molecule has 0 aliphatic carbocycles. The molecule has 0 unspecified atom stereocenters. The molecule has 0 saturated carbocycles. The normalized spacial score (nSPS) is 20.8. The molecule has 22 heavy (non-hydrogen) atoms. The van der Waals surface area contributed by atoms with Crippen LogP contribution in [0.5, 0.6) is 0 Å². The Kier molecular flexibility index (Phi) is 7.83. The predicted octanol–water partition coefficient (Wildman–Crippen LogP) is 3.11. The maximum atomic E-state index is 12.7. The molecule has 1 aliphatic heterocycles. The van der Waals surface area contributed by atoms with Gasteiger partial charge in [0.25, 0.3) is 5.91 Å². The van der Waals surface area contributed by atoms with E-state index in [-0.39, 0.29) is 36.6 Å². The molecule has 0 spiro atoms. The molecule has 0 aromatic heterocycles. The van der Waals surface area contributed by atoms with Crippen molar-refractivity contribution in [2.75, 3.05) is 6.54 Å². The van der Waals surface area contributed by atoms with Gasteiger partial charge in [-0.15, -0.1) is 12.4 Å². The van der Waals surface area contributed by atoms with Gasteiger partial charge in [-0.2, -0.15) is 0 Å². The smallest absolute Gasteiger partial charge is 0.252 e. The molecule has 0 bridgehead atoms. The minimum atomic E-state index is -0.340. The summed E-state index contributed by atoms with van der Waals surface area (Å²) in [5.41, 5.74) is 6.73. The summed E-state index contributed by atoms with van der Waals surface area (Å²) in [5, 5.41) is 0. The number of amides is 1. The van der Waals surface area contributed by atoms with E-state index in [0.29, 0.717) is 13.1 Å². The molecule has 1 aromatic carbocycles. The standard InChI is InChI=1S/C16H23BrN2O2.ClH/c1-11(2)19(10-12-4-3-5-13(17)8-12)16(20)15-7-6-14(9-18)21-15;/h3-5,8,11,14-15H,6-7,9-10,18H2,1-2H3;1H/t14-,15+;/m1./s1. The lowest BCUT2D eigenvalue weighted by atomic mass is 10.1. The minimum Gasteiger partial charge on any atom is -0.364 e. The third-order valence-corrected chi connectivity index (χ3v) is 4.29. The number of ether oxygens (including phenoxy) is 1. The summed E-state index contributed by atoms with van der Waals surface area (Å²) in [5.74, 6) is 0.0703. The van der Waals surface area contributed by atoms with Gasteiger partial charge in [-0.05, 0) is 44.4 Å². The first kappa shape index (κ1) is 19.4. The van der Waals surface area contributed by atoms with Crippen molar-refractivity contribution in [3.63, 3.8) is 0 Å². The predicted molar refractivity (Wildman–Crippen MR) is 94.0 cm³/mol. The molecule has 6 heteroatoms. The fourth-order valence-corrected chi connectivity index (χ4v) is 3.04. The van der Waals surface area contributed by atoms with Gasteiger partial charge in [-0.3, -0.25) is 4.79 Å². The van der Waals surface area contributed by atoms with E-state index in [9.17, 15) is 4.79 Å². The summed E-state index contributed by atoms with van der Waals surface area (Å²) in [4.78, 5) is 14.6. The molecule has 1 aliphatic rings. The SMILES string of the molecule is CC(C)N(Cc1cccc(Br)c1)C(=O)[C@@H]1CC[C@H](CN)O1.Cl. The highest BCUT2D eigenvalue weighted by Gasteiger charge is 2.33. The zero-order chi connectivity index (χ0) is 15.4. The first-order valence-electron chi connectivity index (χ1n) is 7.41. The lowest BCUT2D eigenvalue weighted by Gasteiger charge is -2.29. The number of hydrogen-bond acceptors (Lipinski definition) is 3. The van der Waals surface area contributed by atoms with Crippen LogP contribution in [0.1, 0.15) is 32.3 Å². The highest BCUT2D eigenvalue weighted by Crippen LogP contribution is 2.23. The van der Waals surface area contributed by atoms with Crippen LogP contribution in [0.15, 0.2) is 28.7 Å². The summed E-state index contributed by atoms with van der Waals surface area (Å²) >= 11 is 3.47. The number of carbonyl (C=O) groups is 1. The Labute approximate surface area is 146 Å². The maximum absolute atomic E-state index is 12.7. The number of nitrogens with two attached hydrogens (primary N) is 1. The molecular formula is C16H24BrClN2O2. The van der Waals surface area contributed by atoms with E-state index in [0.717, 1.165) is 22.9 Å². The molecule has 1 heterocycles. The molecule has 124 valence electrons. The number of halogens is 2. The van der Waals surface area contributed by atoms with Crippen molar-refractivity contribution in [1.82, 2.24) is 4.90 Å². The fourth-order valence-electron chi connectivity index (χ4n) is 2.59. The quantitative estimate of drug-likeness (QED) is 0.839. The van der Waals surface area contributed by atoms with Crippen LogP contribution in [-0.4, -0.2) is 35.6 Å². The first-order valence-corrected chi connectivity index (χ1v) is 8.21. The van der Waals surface area contributed by atoms with Crippen LogP contribution < -0.4 is 5.73 Å². The maximum Gasteiger partial charge on any atom is 0.252 e. The molecule has 1 amide bonds. The first-order chi connectivity index (χ1) is 10.0. The second kappa shape index (κ2) is 8.87. The van der Waals surface area contributed by atoms with Crippen molar-refractivity contribution in [3.8, 4) is 0 Å². The van der Waals surface area contributed by atoms with Crippen LogP contribution in [0.2, 0.25) is 0 Å². The summed E-state index contributed by atoms with van der Waals surface area (Å²) in [6.45, 7) is 5.15. The van der Waals surface area contributed by atoms with Crippen molar-refractivity contribution in [3.05, 3.63) is 34.3 Å². The van der Waals surface area contributed by atoms with Gasteiger partial charge in [-0.25, -0.2) is 0 Å². The minimum absolute atomic E-state index is 0. The number of hydrogen-bond donors (Lipinski definition) is 1. The average Bonchev–Trinajstić information content (AvgIpc) is 2.93. The van der Waals surface area contributed by atoms with Crippen molar-refractivity contribution >= 4 is 34.2 Å². The average molecular weight is 392 g/mol. The van der Waals surface area contributed by atoms with Crippen molar-refractivity contribution in [2.45, 2.75) is 51.5 Å². The zero-order valence-electron chi connectivity index (χ0n) is 13.0. The molecule has 4 nitrogen and oxygen atoms in total. The Balaban J connectivity index is 0.00000242. The van der Waals surface area contributed by atoms with E-state index < -0.39 is 0 Å². The topological polar surface area (TPSA) is 55.6 Å². The van der Waals surface area contributed by atoms with Gasteiger partial charge in [0.2, 0.25) is 0 Å². The lowest BCUT2D eigenvalue weighted by molar-refractivity contribution is -0.145. The third kappa shape index (κ3) is 4.95. The Bertz CT molecular complexity index is 499. The summed E-state index contributed by atoms with van der Waals surface area (Å²) < 4.78 is 6.76. The molecule has 1 fully saturated rings. The lowest BCUT2D eigenvalue weighted by Crippen LogP contribution is -2.43. The number of nitrogens with zero attached hydrogens (tertiary/aromatic N) is 1. The zero-order valence-corrected chi connectivity index (χ0v) is 15.4. The van der Waals surface area contributed by atoms with Crippen LogP contribution in [0.25, 0.3) is 0 Å². The van der Waals surface area contributed by atoms with E-state index >= 15 is 0 Å². The Hall–Kier alpha value is -0.620. The van der Waals surface area contributed by atoms with Gasteiger partial charge >= 0.3 is 0 Å². The highest BCUT2D eigenvalue weighted by atomic mass is 79.9. The van der Waals surface area contributed by atoms with Crippen LogP contribution in [0, 0.1) is 0 Å². The number of rotatable bonds is 5. The van der Waals surface area contributed by atoms with Crippen molar-refractivity contribution < 1.29 is 9.53 Å². The van der Waals surface area contributed by atoms with Crippen LogP contribution in [0.3, 0.4) is 0 Å². The Morgan fingerprint density at radius 1 is 1.45 bits per heavy atom. The summed E-state index contributed by atoms with van der Waals surface area (Å²) in [6.07, 6.45) is 1.32.